The van der Waals surface area contributed by atoms with Gasteiger partial charge in [0.05, 0.1) is 11.9 Å². The van der Waals surface area contributed by atoms with E-state index in [1.807, 2.05) is 6.92 Å². The van der Waals surface area contributed by atoms with E-state index >= 15 is 0 Å². The third-order valence-electron chi connectivity index (χ3n) is 3.52. The molecule has 7 heteroatoms. The summed E-state index contributed by atoms with van der Waals surface area (Å²) in [5.74, 6) is -0.141. The Morgan fingerprint density at radius 3 is 2.86 bits per heavy atom. The average Bonchev–Trinajstić information content (AvgIpc) is 2.91. The van der Waals surface area contributed by atoms with Gasteiger partial charge in [-0.1, -0.05) is 36.5 Å². The number of sulfonamides is 1. The summed E-state index contributed by atoms with van der Waals surface area (Å²) < 4.78 is 32.8. The number of benzene rings is 1. The van der Waals surface area contributed by atoms with E-state index < -0.39 is 10.0 Å². The van der Waals surface area contributed by atoms with Crippen LogP contribution in [0.4, 0.5) is 0 Å². The van der Waals surface area contributed by atoms with Crippen LogP contribution in [0.15, 0.2) is 24.3 Å². The Balaban J connectivity index is 2.09. The molecule has 1 aliphatic rings. The zero-order valence-electron chi connectivity index (χ0n) is 11.9. The molecule has 1 fully saturated rings. The van der Waals surface area contributed by atoms with Gasteiger partial charge in [0.15, 0.2) is 0 Å². The molecule has 1 heterocycles. The summed E-state index contributed by atoms with van der Waals surface area (Å²) in [6.45, 7) is 2.52. The molecule has 3 N–H and O–H groups in total. The highest BCUT2D eigenvalue weighted by molar-refractivity contribution is 7.88. The highest BCUT2D eigenvalue weighted by Crippen LogP contribution is 2.17. The van der Waals surface area contributed by atoms with Crippen LogP contribution in [0.25, 0.3) is 0 Å². The molecule has 21 heavy (non-hydrogen) atoms. The fourth-order valence-corrected chi connectivity index (χ4v) is 4.15. The summed E-state index contributed by atoms with van der Waals surface area (Å²) in [6, 6.07) is 6.78. The number of thiocarbonyl (C=S) groups is 1. The van der Waals surface area contributed by atoms with E-state index in [0.29, 0.717) is 17.7 Å². The summed E-state index contributed by atoms with van der Waals surface area (Å²) in [7, 11) is -3.47. The number of rotatable bonds is 6. The highest BCUT2D eigenvalue weighted by Gasteiger charge is 2.26. The first-order chi connectivity index (χ1) is 9.89. The van der Waals surface area contributed by atoms with Crippen LogP contribution in [-0.2, 0) is 20.5 Å². The fourth-order valence-electron chi connectivity index (χ4n) is 2.49. The van der Waals surface area contributed by atoms with Gasteiger partial charge in [0, 0.05) is 18.2 Å². The number of nitrogens with one attached hydrogen (secondary N) is 1. The third kappa shape index (κ3) is 4.47. The topological polar surface area (TPSA) is 81.4 Å². The molecule has 0 radical (unpaired) electrons. The zero-order valence-corrected chi connectivity index (χ0v) is 13.5. The van der Waals surface area contributed by atoms with Crippen LogP contribution in [0.2, 0.25) is 0 Å². The molecular weight excluding hydrogens is 308 g/mol. The van der Waals surface area contributed by atoms with Gasteiger partial charge in [-0.05, 0) is 25.3 Å². The van der Waals surface area contributed by atoms with Crippen LogP contribution in [0.5, 0.6) is 0 Å². The Hall–Kier alpha value is -1.02. The van der Waals surface area contributed by atoms with Crippen molar-refractivity contribution in [1.29, 1.82) is 0 Å². The van der Waals surface area contributed by atoms with Crippen molar-refractivity contribution in [3.63, 3.8) is 0 Å². The fraction of sp³-hybridized carbons (Fsp3) is 0.500. The number of ether oxygens (including phenoxy) is 1. The molecule has 1 saturated heterocycles. The molecule has 116 valence electrons. The second-order valence-electron chi connectivity index (χ2n) is 5.24. The molecule has 1 aromatic rings. The summed E-state index contributed by atoms with van der Waals surface area (Å²) >= 11 is 4.96. The SMILES string of the molecule is CC(NS(=O)(=O)Cc1ccccc1C(N)=S)C1CCCO1. The van der Waals surface area contributed by atoms with Crippen molar-refractivity contribution >= 4 is 27.2 Å². The molecule has 2 unspecified atom stereocenters. The Bertz CT molecular complexity index is 610. The van der Waals surface area contributed by atoms with Gasteiger partial charge in [0.2, 0.25) is 10.0 Å². The maximum atomic E-state index is 12.3. The minimum absolute atomic E-state index is 0.0504. The lowest BCUT2D eigenvalue weighted by Gasteiger charge is -2.20. The predicted molar refractivity (Wildman–Crippen MR) is 86.5 cm³/mol. The number of nitrogens with two attached hydrogens (primary N) is 1. The zero-order chi connectivity index (χ0) is 15.5. The van der Waals surface area contributed by atoms with Crippen molar-refractivity contribution in [3.05, 3.63) is 35.4 Å². The second-order valence-corrected chi connectivity index (χ2v) is 7.43. The van der Waals surface area contributed by atoms with Crippen LogP contribution >= 0.6 is 12.2 Å². The standard InChI is InChI=1S/C14H20N2O3S2/c1-10(13-7-4-8-19-13)16-21(17,18)9-11-5-2-3-6-12(11)14(15)20/h2-3,5-6,10,13,16H,4,7-9H2,1H3,(H2,15,20). The molecule has 0 aliphatic carbocycles. The molecule has 0 saturated carbocycles. The van der Waals surface area contributed by atoms with Gasteiger partial charge in [0.25, 0.3) is 0 Å². The first-order valence-electron chi connectivity index (χ1n) is 6.88. The van der Waals surface area contributed by atoms with Gasteiger partial charge in [-0.15, -0.1) is 0 Å². The van der Waals surface area contributed by atoms with E-state index in [4.69, 9.17) is 22.7 Å². The van der Waals surface area contributed by atoms with Crippen molar-refractivity contribution in [2.24, 2.45) is 5.73 Å². The molecule has 0 spiro atoms. The molecule has 1 aromatic carbocycles. The number of hydrogen-bond acceptors (Lipinski definition) is 4. The second kappa shape index (κ2) is 6.83. The summed E-state index contributed by atoms with van der Waals surface area (Å²) in [6.07, 6.45) is 1.80. The molecule has 0 bridgehead atoms. The van der Waals surface area contributed by atoms with Crippen molar-refractivity contribution < 1.29 is 13.2 Å². The van der Waals surface area contributed by atoms with Crippen molar-refractivity contribution in [1.82, 2.24) is 4.72 Å². The minimum Gasteiger partial charge on any atom is -0.389 e. The molecule has 0 amide bonds. The average molecular weight is 328 g/mol. The van der Waals surface area contributed by atoms with Crippen LogP contribution in [0, 0.1) is 0 Å². The Kier molecular flexibility index (Phi) is 5.32. The lowest BCUT2D eigenvalue weighted by Crippen LogP contribution is -2.41. The smallest absolute Gasteiger partial charge is 0.216 e. The van der Waals surface area contributed by atoms with Gasteiger partial charge in [0.1, 0.15) is 4.99 Å². The van der Waals surface area contributed by atoms with Crippen LogP contribution in [-0.4, -0.2) is 32.2 Å². The minimum atomic E-state index is -3.47. The lowest BCUT2D eigenvalue weighted by molar-refractivity contribution is 0.0902. The van der Waals surface area contributed by atoms with Gasteiger partial charge in [-0.2, -0.15) is 0 Å². The van der Waals surface area contributed by atoms with Crippen molar-refractivity contribution in [2.75, 3.05) is 6.61 Å². The maximum absolute atomic E-state index is 12.3. The Labute approximate surface area is 130 Å². The van der Waals surface area contributed by atoms with Gasteiger partial charge in [-0.25, -0.2) is 13.1 Å². The van der Waals surface area contributed by atoms with Crippen molar-refractivity contribution in [2.45, 2.75) is 37.7 Å². The van der Waals surface area contributed by atoms with E-state index in [9.17, 15) is 8.42 Å². The van der Waals surface area contributed by atoms with Crippen LogP contribution in [0.3, 0.4) is 0 Å². The van der Waals surface area contributed by atoms with Gasteiger partial charge in [-0.3, -0.25) is 0 Å². The normalized spacial score (nSPS) is 20.3. The predicted octanol–water partition coefficient (Wildman–Crippen LogP) is 1.31. The van der Waals surface area contributed by atoms with E-state index in [2.05, 4.69) is 4.72 Å². The maximum Gasteiger partial charge on any atom is 0.216 e. The summed E-state index contributed by atoms with van der Waals surface area (Å²) in [5.41, 5.74) is 6.84. The third-order valence-corrected chi connectivity index (χ3v) is 5.16. The van der Waals surface area contributed by atoms with Gasteiger partial charge >= 0.3 is 0 Å². The first kappa shape index (κ1) is 16.4. The highest BCUT2D eigenvalue weighted by atomic mass is 32.2. The quantitative estimate of drug-likeness (QED) is 0.770. The van der Waals surface area contributed by atoms with Crippen molar-refractivity contribution in [3.8, 4) is 0 Å². The van der Waals surface area contributed by atoms with Crippen LogP contribution < -0.4 is 10.5 Å². The first-order valence-corrected chi connectivity index (χ1v) is 8.94. The molecule has 5 nitrogen and oxygen atoms in total. The molecular formula is C14H20N2O3S2. The molecule has 2 atom stereocenters. The summed E-state index contributed by atoms with van der Waals surface area (Å²) in [5, 5.41) is 0. The molecule has 2 rings (SSSR count). The Morgan fingerprint density at radius 1 is 1.52 bits per heavy atom. The largest absolute Gasteiger partial charge is 0.389 e. The molecule has 0 aromatic heterocycles. The van der Waals surface area contributed by atoms with E-state index in [0.717, 1.165) is 12.8 Å². The molecule has 1 aliphatic heterocycles. The lowest BCUT2D eigenvalue weighted by atomic mass is 10.1. The Morgan fingerprint density at radius 2 is 2.24 bits per heavy atom. The monoisotopic (exact) mass is 328 g/mol. The van der Waals surface area contributed by atoms with E-state index in [1.54, 1.807) is 24.3 Å². The summed E-state index contributed by atoms with van der Waals surface area (Å²) in [4.78, 5) is 0.202. The van der Waals surface area contributed by atoms with E-state index in [1.165, 1.54) is 0 Å². The van der Waals surface area contributed by atoms with E-state index in [-0.39, 0.29) is 22.9 Å². The van der Waals surface area contributed by atoms with Crippen LogP contribution in [0.1, 0.15) is 30.9 Å². The van der Waals surface area contributed by atoms with Gasteiger partial charge < -0.3 is 10.5 Å². The number of hydrogen-bond donors (Lipinski definition) is 2.